The van der Waals surface area contributed by atoms with E-state index in [9.17, 15) is 5.11 Å². The topological polar surface area (TPSA) is 20.2 Å². The molecule has 0 aliphatic rings. The summed E-state index contributed by atoms with van der Waals surface area (Å²) in [4.78, 5) is 0. The van der Waals surface area contributed by atoms with Crippen molar-refractivity contribution in [3.05, 3.63) is 35.9 Å². The maximum atomic E-state index is 10.1. The predicted octanol–water partition coefficient (Wildman–Crippen LogP) is 3.24. The number of aliphatic hydroxyl groups is 1. The molecule has 0 amide bonds. The Bertz CT molecular complexity index is 381. The Hall–Kier alpha value is -1.04. The highest BCUT2D eigenvalue weighted by molar-refractivity contribution is 6.83. The van der Waals surface area contributed by atoms with Gasteiger partial charge in [-0.1, -0.05) is 50.0 Å². The molecule has 1 aromatic carbocycles. The lowest BCUT2D eigenvalue weighted by Crippen LogP contribution is -2.17. The van der Waals surface area contributed by atoms with Crippen molar-refractivity contribution in [2.24, 2.45) is 5.92 Å². The minimum atomic E-state index is -1.34. The molecule has 0 radical (unpaired) electrons. The lowest BCUT2D eigenvalue weighted by molar-refractivity contribution is 0.143. The fourth-order valence-electron chi connectivity index (χ4n) is 1.35. The molecule has 0 bridgehead atoms. The highest BCUT2D eigenvalue weighted by atomic mass is 28.3. The summed E-state index contributed by atoms with van der Waals surface area (Å²) >= 11 is 0. The maximum Gasteiger partial charge on any atom is 0.129 e. The first kappa shape index (κ1) is 13.0. The summed E-state index contributed by atoms with van der Waals surface area (Å²) in [6.45, 7) is 8.61. The van der Waals surface area contributed by atoms with Crippen LogP contribution in [-0.2, 0) is 0 Å². The summed E-state index contributed by atoms with van der Waals surface area (Å²) in [6.07, 6.45) is -0.481. The highest BCUT2D eigenvalue weighted by Gasteiger charge is 2.15. The number of hydrogen-bond acceptors (Lipinski definition) is 1. The van der Waals surface area contributed by atoms with E-state index >= 15 is 0 Å². The van der Waals surface area contributed by atoms with Crippen LogP contribution in [0.2, 0.25) is 19.6 Å². The molecule has 1 aromatic rings. The third-order valence-electron chi connectivity index (χ3n) is 2.29. The van der Waals surface area contributed by atoms with Crippen molar-refractivity contribution in [2.75, 3.05) is 0 Å². The molecule has 2 heteroatoms. The second kappa shape index (κ2) is 5.34. The van der Waals surface area contributed by atoms with Crippen LogP contribution in [0.4, 0.5) is 0 Å². The van der Waals surface area contributed by atoms with Gasteiger partial charge < -0.3 is 5.11 Å². The van der Waals surface area contributed by atoms with Gasteiger partial charge in [0, 0.05) is 5.92 Å². The van der Waals surface area contributed by atoms with Crippen molar-refractivity contribution < 1.29 is 5.11 Å². The maximum absolute atomic E-state index is 10.1. The molecule has 0 unspecified atom stereocenters. The zero-order valence-corrected chi connectivity index (χ0v) is 11.5. The quantitative estimate of drug-likeness (QED) is 0.613. The zero-order chi connectivity index (χ0) is 12.2. The van der Waals surface area contributed by atoms with Gasteiger partial charge in [-0.3, -0.25) is 0 Å². The number of benzene rings is 1. The van der Waals surface area contributed by atoms with Gasteiger partial charge in [0.15, 0.2) is 0 Å². The summed E-state index contributed by atoms with van der Waals surface area (Å²) < 4.78 is 0. The lowest BCUT2D eigenvalue weighted by atomic mass is 9.98. The first-order chi connectivity index (χ1) is 7.40. The molecule has 0 fully saturated rings. The third-order valence-corrected chi connectivity index (χ3v) is 3.18. The largest absolute Gasteiger partial charge is 0.387 e. The average Bonchev–Trinajstić information content (AvgIpc) is 2.25. The predicted molar refractivity (Wildman–Crippen MR) is 71.7 cm³/mol. The molecular weight excluding hydrogens is 212 g/mol. The summed E-state index contributed by atoms with van der Waals surface area (Å²) in [6, 6.07) is 9.72. The normalized spacial score (nSPS) is 14.8. The summed E-state index contributed by atoms with van der Waals surface area (Å²) in [7, 11) is -1.34. The Morgan fingerprint density at radius 3 is 2.19 bits per heavy atom. The van der Waals surface area contributed by atoms with E-state index < -0.39 is 14.2 Å². The van der Waals surface area contributed by atoms with Crippen LogP contribution in [-0.4, -0.2) is 13.2 Å². The molecule has 0 spiro atoms. The van der Waals surface area contributed by atoms with E-state index in [0.29, 0.717) is 0 Å². The molecule has 86 valence electrons. The van der Waals surface area contributed by atoms with Crippen molar-refractivity contribution in [2.45, 2.75) is 32.7 Å². The standard InChI is InChI=1S/C14H20OSi/c1-12(10-11-16(2,3)4)14(15)13-8-6-5-7-9-13/h5-9,12,14-15H,1-4H3/t12-,14-/m1/s1. The van der Waals surface area contributed by atoms with Crippen LogP contribution < -0.4 is 0 Å². The molecule has 16 heavy (non-hydrogen) atoms. The van der Waals surface area contributed by atoms with Crippen LogP contribution >= 0.6 is 0 Å². The van der Waals surface area contributed by atoms with Gasteiger partial charge in [-0.05, 0) is 12.5 Å². The average molecular weight is 232 g/mol. The van der Waals surface area contributed by atoms with Crippen molar-refractivity contribution in [3.8, 4) is 11.5 Å². The van der Waals surface area contributed by atoms with E-state index in [2.05, 4.69) is 31.1 Å². The van der Waals surface area contributed by atoms with Crippen LogP contribution in [0.25, 0.3) is 0 Å². The molecule has 1 rings (SSSR count). The van der Waals surface area contributed by atoms with Gasteiger partial charge in [-0.15, -0.1) is 11.5 Å². The minimum absolute atomic E-state index is 0.00544. The van der Waals surface area contributed by atoms with E-state index in [1.807, 2.05) is 37.3 Å². The molecule has 1 nitrogen and oxygen atoms in total. The Morgan fingerprint density at radius 2 is 1.69 bits per heavy atom. The van der Waals surface area contributed by atoms with E-state index in [1.54, 1.807) is 0 Å². The van der Waals surface area contributed by atoms with Crippen LogP contribution in [0.1, 0.15) is 18.6 Å². The van der Waals surface area contributed by atoms with Crippen LogP contribution in [0.3, 0.4) is 0 Å². The van der Waals surface area contributed by atoms with E-state index in [4.69, 9.17) is 0 Å². The fraction of sp³-hybridized carbons (Fsp3) is 0.429. The first-order valence-electron chi connectivity index (χ1n) is 5.66. The SMILES string of the molecule is C[C@H](C#C[Si](C)(C)C)[C@@H](O)c1ccccc1. The third kappa shape index (κ3) is 4.22. The highest BCUT2D eigenvalue weighted by Crippen LogP contribution is 2.20. The van der Waals surface area contributed by atoms with E-state index in [0.717, 1.165) is 5.56 Å². The number of rotatable bonds is 2. The molecule has 2 atom stereocenters. The second-order valence-corrected chi connectivity index (χ2v) is 9.91. The van der Waals surface area contributed by atoms with E-state index in [-0.39, 0.29) is 5.92 Å². The number of aliphatic hydroxyl groups excluding tert-OH is 1. The minimum Gasteiger partial charge on any atom is -0.387 e. The van der Waals surface area contributed by atoms with E-state index in [1.165, 1.54) is 0 Å². The Labute approximate surface area is 99.5 Å². The summed E-state index contributed by atoms with van der Waals surface area (Å²) in [5, 5.41) is 10.1. The molecule has 0 saturated carbocycles. The molecule has 0 aromatic heterocycles. The lowest BCUT2D eigenvalue weighted by Gasteiger charge is -2.14. The van der Waals surface area contributed by atoms with Gasteiger partial charge in [0.2, 0.25) is 0 Å². The van der Waals surface area contributed by atoms with Crippen LogP contribution in [0, 0.1) is 17.4 Å². The molecule has 0 heterocycles. The van der Waals surface area contributed by atoms with Gasteiger partial charge in [0.25, 0.3) is 0 Å². The molecule has 0 aliphatic carbocycles. The smallest absolute Gasteiger partial charge is 0.129 e. The molecule has 1 N–H and O–H groups in total. The summed E-state index contributed by atoms with van der Waals surface area (Å²) in [5.41, 5.74) is 4.25. The Balaban J connectivity index is 2.75. The first-order valence-corrected chi connectivity index (χ1v) is 9.16. The van der Waals surface area contributed by atoms with Gasteiger partial charge >= 0.3 is 0 Å². The molecule has 0 aliphatic heterocycles. The van der Waals surface area contributed by atoms with Crippen LogP contribution in [0.15, 0.2) is 30.3 Å². The molecule has 0 saturated heterocycles. The van der Waals surface area contributed by atoms with Crippen LogP contribution in [0.5, 0.6) is 0 Å². The van der Waals surface area contributed by atoms with Gasteiger partial charge in [0.1, 0.15) is 8.07 Å². The van der Waals surface area contributed by atoms with Gasteiger partial charge in [0.05, 0.1) is 6.10 Å². The summed E-state index contributed by atoms with van der Waals surface area (Å²) in [5.74, 6) is 3.18. The van der Waals surface area contributed by atoms with Crippen molar-refractivity contribution in [1.82, 2.24) is 0 Å². The van der Waals surface area contributed by atoms with Crippen molar-refractivity contribution in [1.29, 1.82) is 0 Å². The second-order valence-electron chi connectivity index (χ2n) is 5.16. The Kier molecular flexibility index (Phi) is 4.34. The fourth-order valence-corrected chi connectivity index (χ4v) is 2.01. The monoisotopic (exact) mass is 232 g/mol. The van der Waals surface area contributed by atoms with Gasteiger partial charge in [-0.2, -0.15) is 0 Å². The van der Waals surface area contributed by atoms with Gasteiger partial charge in [-0.25, -0.2) is 0 Å². The Morgan fingerprint density at radius 1 is 1.12 bits per heavy atom. The number of hydrogen-bond donors (Lipinski definition) is 1. The zero-order valence-electron chi connectivity index (χ0n) is 10.5. The molecular formula is C14H20OSi. The van der Waals surface area contributed by atoms with Crippen molar-refractivity contribution in [3.63, 3.8) is 0 Å². The van der Waals surface area contributed by atoms with Crippen molar-refractivity contribution >= 4 is 8.07 Å².